The van der Waals surface area contributed by atoms with Crippen molar-refractivity contribution in [2.24, 2.45) is 7.05 Å². The van der Waals surface area contributed by atoms with E-state index in [2.05, 4.69) is 18.8 Å². The zero-order valence-corrected chi connectivity index (χ0v) is 16.8. The molecule has 4 rings (SSSR count). The minimum absolute atomic E-state index is 0.0159. The average molecular weight is 454 g/mol. The van der Waals surface area contributed by atoms with E-state index in [1.807, 2.05) is 0 Å². The summed E-state index contributed by atoms with van der Waals surface area (Å²) >= 11 is 0.896. The third-order valence-corrected chi connectivity index (χ3v) is 6.30. The van der Waals surface area contributed by atoms with Crippen molar-refractivity contribution in [2.45, 2.75) is 11.3 Å². The van der Waals surface area contributed by atoms with Gasteiger partial charge in [0.15, 0.2) is 0 Å². The predicted molar refractivity (Wildman–Crippen MR) is 106 cm³/mol. The number of benzene rings is 2. The smallest absolute Gasteiger partial charge is 0.405 e. The molecule has 0 atom stereocenters. The number of nitrogens with one attached hydrogen (secondary N) is 1. The Morgan fingerprint density at radius 3 is 2.60 bits per heavy atom. The van der Waals surface area contributed by atoms with Gasteiger partial charge in [0.05, 0.1) is 4.90 Å². The zero-order valence-electron chi connectivity index (χ0n) is 15.2. The van der Waals surface area contributed by atoms with Crippen LogP contribution in [0.25, 0.3) is 22.0 Å². The molecule has 0 bridgehead atoms. The van der Waals surface area contributed by atoms with Crippen LogP contribution >= 0.6 is 11.5 Å². The van der Waals surface area contributed by atoms with Gasteiger partial charge in [-0.1, -0.05) is 24.3 Å². The number of hydrogen-bond donors (Lipinski definition) is 1. The molecule has 2 aromatic heterocycles. The molecule has 0 saturated carbocycles. The van der Waals surface area contributed by atoms with Crippen molar-refractivity contribution in [1.82, 2.24) is 13.9 Å². The predicted octanol–water partition coefficient (Wildman–Crippen LogP) is 4.40. The summed E-state index contributed by atoms with van der Waals surface area (Å²) in [5.74, 6) is -0.341. The maximum Gasteiger partial charge on any atom is 0.573 e. The van der Waals surface area contributed by atoms with Gasteiger partial charge < -0.3 is 9.30 Å². The van der Waals surface area contributed by atoms with Gasteiger partial charge in [-0.2, -0.15) is 4.37 Å². The van der Waals surface area contributed by atoms with Crippen molar-refractivity contribution >= 4 is 37.6 Å². The largest absolute Gasteiger partial charge is 0.573 e. The molecule has 0 unspecified atom stereocenters. The van der Waals surface area contributed by atoms with E-state index in [0.717, 1.165) is 11.5 Å². The van der Waals surface area contributed by atoms with Crippen LogP contribution in [0.4, 0.5) is 18.3 Å². The van der Waals surface area contributed by atoms with E-state index in [1.165, 1.54) is 36.7 Å². The quantitative estimate of drug-likeness (QED) is 0.483. The fraction of sp³-hybridized carbons (Fsp3) is 0.111. The molecule has 0 aliphatic carbocycles. The van der Waals surface area contributed by atoms with Crippen LogP contribution in [0.2, 0.25) is 0 Å². The number of aryl methyl sites for hydroxylation is 1. The van der Waals surface area contributed by atoms with E-state index < -0.39 is 16.4 Å². The van der Waals surface area contributed by atoms with Crippen molar-refractivity contribution in [3.63, 3.8) is 0 Å². The number of fused-ring (bicyclic) bond motifs is 1. The number of halogens is 3. The Kier molecular flexibility index (Phi) is 4.90. The topological polar surface area (TPSA) is 86.1 Å². The highest BCUT2D eigenvalue weighted by Crippen LogP contribution is 2.38. The molecule has 12 heteroatoms. The van der Waals surface area contributed by atoms with Gasteiger partial charge in [0.1, 0.15) is 12.1 Å². The molecule has 2 aromatic carbocycles. The molecule has 0 aliphatic rings. The molecule has 30 heavy (non-hydrogen) atoms. The van der Waals surface area contributed by atoms with Crippen LogP contribution in [0.3, 0.4) is 0 Å². The molecule has 7 nitrogen and oxygen atoms in total. The van der Waals surface area contributed by atoms with Gasteiger partial charge in [-0.15, -0.1) is 13.2 Å². The third-order valence-electron chi connectivity index (χ3n) is 4.26. The molecule has 0 amide bonds. The number of ether oxygens (including phenoxy) is 1. The number of hydrogen-bond acceptors (Lipinski definition) is 6. The van der Waals surface area contributed by atoms with E-state index in [4.69, 9.17) is 0 Å². The first-order valence-electron chi connectivity index (χ1n) is 8.38. The Hall–Kier alpha value is -3.12. The Labute approximate surface area is 173 Å². The van der Waals surface area contributed by atoms with E-state index >= 15 is 0 Å². The van der Waals surface area contributed by atoms with Crippen LogP contribution in [-0.4, -0.2) is 28.7 Å². The van der Waals surface area contributed by atoms with Gasteiger partial charge in [0.25, 0.3) is 10.0 Å². The summed E-state index contributed by atoms with van der Waals surface area (Å²) in [5, 5.41) is 0.700. The molecule has 0 fully saturated rings. The Bertz CT molecular complexity index is 1320. The second kappa shape index (κ2) is 7.29. The average Bonchev–Trinajstić information content (AvgIpc) is 3.28. The number of para-hydroxylation sites is 1. The molecule has 0 saturated heterocycles. The van der Waals surface area contributed by atoms with Crippen LogP contribution in [0.15, 0.2) is 59.9 Å². The van der Waals surface area contributed by atoms with Crippen LogP contribution in [-0.2, 0) is 17.1 Å². The number of aromatic nitrogens is 3. The maximum absolute atomic E-state index is 12.8. The second-order valence-electron chi connectivity index (χ2n) is 6.23. The Morgan fingerprint density at radius 1 is 1.13 bits per heavy atom. The third kappa shape index (κ3) is 3.96. The lowest BCUT2D eigenvalue weighted by molar-refractivity contribution is -0.274. The van der Waals surface area contributed by atoms with Crippen LogP contribution in [0.5, 0.6) is 5.75 Å². The molecular weight excluding hydrogens is 441 g/mol. The van der Waals surface area contributed by atoms with Crippen molar-refractivity contribution in [3.05, 3.63) is 55.0 Å². The minimum Gasteiger partial charge on any atom is -0.405 e. The number of nitrogens with zero attached hydrogens (tertiary/aromatic N) is 3. The first kappa shape index (κ1) is 20.2. The zero-order chi connectivity index (χ0) is 21.5. The number of rotatable bonds is 5. The lowest BCUT2D eigenvalue weighted by atomic mass is 10.0. The maximum atomic E-state index is 12.8. The number of alkyl halides is 3. The molecule has 0 radical (unpaired) electrons. The highest BCUT2D eigenvalue weighted by molar-refractivity contribution is 7.93. The normalized spacial score (nSPS) is 12.3. The molecular formula is C18H13F3N4O3S2. The fourth-order valence-electron chi connectivity index (χ4n) is 3.04. The SMILES string of the molecule is Cn1cc(-c2ccccc2OC(F)(F)F)c2ccc(S(=O)(=O)Nc3ncns3)cc21. The van der Waals surface area contributed by atoms with Gasteiger partial charge in [-0.05, 0) is 18.2 Å². The monoisotopic (exact) mass is 454 g/mol. The highest BCUT2D eigenvalue weighted by Gasteiger charge is 2.32. The summed E-state index contributed by atoms with van der Waals surface area (Å²) in [7, 11) is -2.23. The van der Waals surface area contributed by atoms with Gasteiger partial charge in [0, 0.05) is 46.8 Å². The first-order valence-corrected chi connectivity index (χ1v) is 10.6. The van der Waals surface area contributed by atoms with E-state index in [-0.39, 0.29) is 21.3 Å². The Morgan fingerprint density at radius 2 is 1.90 bits per heavy atom. The van der Waals surface area contributed by atoms with Crippen LogP contribution < -0.4 is 9.46 Å². The molecule has 2 heterocycles. The number of anilines is 1. The summed E-state index contributed by atoms with van der Waals surface area (Å²) in [6, 6.07) is 10.1. The first-order chi connectivity index (χ1) is 14.1. The summed E-state index contributed by atoms with van der Waals surface area (Å²) in [6.45, 7) is 0. The minimum atomic E-state index is -4.84. The van der Waals surface area contributed by atoms with E-state index in [9.17, 15) is 21.6 Å². The van der Waals surface area contributed by atoms with E-state index in [0.29, 0.717) is 16.5 Å². The van der Waals surface area contributed by atoms with Gasteiger partial charge >= 0.3 is 6.36 Å². The second-order valence-corrected chi connectivity index (χ2v) is 8.69. The van der Waals surface area contributed by atoms with Crippen molar-refractivity contribution in [3.8, 4) is 16.9 Å². The van der Waals surface area contributed by atoms with Gasteiger partial charge in [-0.3, -0.25) is 4.72 Å². The Balaban J connectivity index is 1.79. The molecule has 1 N–H and O–H groups in total. The van der Waals surface area contributed by atoms with Crippen molar-refractivity contribution in [2.75, 3.05) is 4.72 Å². The molecule has 156 valence electrons. The van der Waals surface area contributed by atoms with Gasteiger partial charge in [-0.25, -0.2) is 13.4 Å². The lowest BCUT2D eigenvalue weighted by Crippen LogP contribution is -2.17. The van der Waals surface area contributed by atoms with E-state index in [1.54, 1.807) is 29.9 Å². The summed E-state index contributed by atoms with van der Waals surface area (Å²) in [6.07, 6.45) is -1.98. The molecule has 0 aliphatic heterocycles. The van der Waals surface area contributed by atoms with Gasteiger partial charge in [0.2, 0.25) is 5.13 Å². The fourth-order valence-corrected chi connectivity index (χ4v) is 4.72. The molecule has 0 spiro atoms. The van der Waals surface area contributed by atoms with Crippen LogP contribution in [0, 0.1) is 0 Å². The standard InChI is InChI=1S/C18H13F3N4O3S2/c1-25-9-14(13-4-2-3-5-16(13)28-18(19,20)21)12-7-6-11(8-15(12)25)30(26,27)24-17-22-10-23-29-17/h2-10H,1H3,(H,22,23,24). The van der Waals surface area contributed by atoms with Crippen LogP contribution in [0.1, 0.15) is 0 Å². The summed E-state index contributed by atoms with van der Waals surface area (Å²) in [5.41, 5.74) is 1.24. The lowest BCUT2D eigenvalue weighted by Gasteiger charge is -2.12. The summed E-state index contributed by atoms with van der Waals surface area (Å²) < 4.78 is 75.5. The highest BCUT2D eigenvalue weighted by atomic mass is 32.2. The van der Waals surface area contributed by atoms with Crippen molar-refractivity contribution in [1.29, 1.82) is 0 Å². The summed E-state index contributed by atoms with van der Waals surface area (Å²) in [4.78, 5) is 3.78. The molecule has 4 aromatic rings. The van der Waals surface area contributed by atoms with Crippen molar-refractivity contribution < 1.29 is 26.3 Å². The number of sulfonamides is 1.